The number of aryl methyl sites for hydroxylation is 1. The van der Waals surface area contributed by atoms with Gasteiger partial charge in [0.2, 0.25) is 0 Å². The lowest BCUT2D eigenvalue weighted by atomic mass is 9.70. The fourth-order valence-electron chi connectivity index (χ4n) is 8.30. The molecule has 2 aliphatic carbocycles. The van der Waals surface area contributed by atoms with Crippen LogP contribution in [0.1, 0.15) is 27.8 Å². The van der Waals surface area contributed by atoms with E-state index in [0.29, 0.717) is 0 Å². The van der Waals surface area contributed by atoms with Gasteiger partial charge < -0.3 is 5.32 Å². The van der Waals surface area contributed by atoms with Gasteiger partial charge in [0.05, 0.1) is 15.8 Å². The average molecular weight is 578 g/mol. The van der Waals surface area contributed by atoms with E-state index in [1.165, 1.54) is 81.0 Å². The molecule has 1 heterocycles. The summed E-state index contributed by atoms with van der Waals surface area (Å²) in [5, 5.41) is 9.29. The summed E-state index contributed by atoms with van der Waals surface area (Å²) < 4.78 is 2.67. The Hall–Kier alpha value is -5.18. The molecule has 8 aromatic rings. The van der Waals surface area contributed by atoms with Crippen molar-refractivity contribution in [3.8, 4) is 22.3 Å². The molecular weight excluding hydrogens is 551 g/mol. The van der Waals surface area contributed by atoms with Gasteiger partial charge in [-0.25, -0.2) is 0 Å². The van der Waals surface area contributed by atoms with Crippen LogP contribution in [0.15, 0.2) is 140 Å². The summed E-state index contributed by atoms with van der Waals surface area (Å²) in [6.45, 7) is 2.25. The first-order valence-corrected chi connectivity index (χ1v) is 16.1. The van der Waals surface area contributed by atoms with Crippen molar-refractivity contribution >= 4 is 53.7 Å². The Morgan fingerprint density at radius 2 is 1.07 bits per heavy atom. The highest BCUT2D eigenvalue weighted by molar-refractivity contribution is 7.26. The molecule has 0 aliphatic heterocycles. The monoisotopic (exact) mass is 577 g/mol. The highest BCUT2D eigenvalue weighted by Gasteiger charge is 2.51. The van der Waals surface area contributed by atoms with E-state index >= 15 is 0 Å². The topological polar surface area (TPSA) is 12.0 Å². The Morgan fingerprint density at radius 1 is 0.500 bits per heavy atom. The summed E-state index contributed by atoms with van der Waals surface area (Å²) in [4.78, 5) is 0. The molecule has 10 rings (SSSR count). The van der Waals surface area contributed by atoms with E-state index in [1.807, 2.05) is 11.3 Å². The van der Waals surface area contributed by atoms with Crippen LogP contribution >= 0.6 is 11.3 Å². The minimum absolute atomic E-state index is 0.337. The smallest absolute Gasteiger partial charge is 0.0726 e. The fraction of sp³-hybridized carbons (Fsp3) is 0.0476. The number of thiophene rings is 1. The predicted molar refractivity (Wildman–Crippen MR) is 188 cm³/mol. The number of benzene rings is 7. The largest absolute Gasteiger partial charge is 0.354 e. The van der Waals surface area contributed by atoms with Crippen molar-refractivity contribution < 1.29 is 0 Å². The van der Waals surface area contributed by atoms with Crippen molar-refractivity contribution in [1.82, 2.24) is 0 Å². The van der Waals surface area contributed by atoms with Crippen LogP contribution in [0.4, 0.5) is 11.4 Å². The van der Waals surface area contributed by atoms with Gasteiger partial charge in [0.25, 0.3) is 0 Å². The molecular formula is C42H27NS. The molecule has 7 aromatic carbocycles. The summed E-state index contributed by atoms with van der Waals surface area (Å²) in [7, 11) is 0. The van der Waals surface area contributed by atoms with Crippen LogP contribution in [-0.2, 0) is 5.41 Å². The highest BCUT2D eigenvalue weighted by atomic mass is 32.1. The second-order valence-corrected chi connectivity index (χ2v) is 13.2. The zero-order valence-corrected chi connectivity index (χ0v) is 25.0. The van der Waals surface area contributed by atoms with Crippen molar-refractivity contribution in [3.05, 3.63) is 167 Å². The molecule has 0 amide bonds. The molecule has 1 spiro atoms. The minimum Gasteiger partial charge on any atom is -0.354 e. The summed E-state index contributed by atoms with van der Waals surface area (Å²) >= 11 is 1.91. The number of rotatable bonds is 2. The maximum absolute atomic E-state index is 3.98. The zero-order chi connectivity index (χ0) is 29.0. The van der Waals surface area contributed by atoms with Gasteiger partial charge in [0, 0.05) is 26.7 Å². The zero-order valence-electron chi connectivity index (χ0n) is 24.2. The summed E-state index contributed by atoms with van der Waals surface area (Å²) in [6.07, 6.45) is 0. The molecule has 2 aliphatic rings. The van der Waals surface area contributed by atoms with Gasteiger partial charge >= 0.3 is 0 Å². The number of fused-ring (bicyclic) bond motifs is 15. The Morgan fingerprint density at radius 3 is 1.84 bits per heavy atom. The molecule has 0 unspecified atom stereocenters. The number of nitrogens with one attached hydrogen (secondary N) is 1. The Balaban J connectivity index is 1.24. The summed E-state index contributed by atoms with van der Waals surface area (Å²) in [5.41, 5.74) is 14.1. The predicted octanol–water partition coefficient (Wildman–Crippen LogP) is 11.6. The Bertz CT molecular complexity index is 2450. The van der Waals surface area contributed by atoms with Crippen molar-refractivity contribution in [3.63, 3.8) is 0 Å². The normalized spacial score (nSPS) is 13.8. The molecule has 0 bridgehead atoms. The van der Waals surface area contributed by atoms with Crippen LogP contribution in [0.2, 0.25) is 0 Å². The number of hydrogen-bond donors (Lipinski definition) is 1. The van der Waals surface area contributed by atoms with E-state index in [1.54, 1.807) is 0 Å². The van der Waals surface area contributed by atoms with Crippen molar-refractivity contribution in [1.29, 1.82) is 0 Å². The first kappa shape index (κ1) is 24.3. The molecule has 0 saturated carbocycles. The van der Waals surface area contributed by atoms with E-state index in [0.717, 1.165) is 11.4 Å². The van der Waals surface area contributed by atoms with Crippen LogP contribution in [0.3, 0.4) is 0 Å². The van der Waals surface area contributed by atoms with Crippen LogP contribution < -0.4 is 5.32 Å². The summed E-state index contributed by atoms with van der Waals surface area (Å²) in [6, 6.07) is 51.7. The highest BCUT2D eigenvalue weighted by Crippen LogP contribution is 2.64. The SMILES string of the molecule is Cc1cc2ccccc2c2c1sc1c(Nc3cccc4c3-c3ccccc3C43c4ccccc4-c4ccccc43)cccc12. The molecule has 0 fully saturated rings. The van der Waals surface area contributed by atoms with E-state index in [4.69, 9.17) is 0 Å². The van der Waals surface area contributed by atoms with Crippen molar-refractivity contribution in [2.45, 2.75) is 12.3 Å². The minimum atomic E-state index is -0.337. The van der Waals surface area contributed by atoms with Gasteiger partial charge in [-0.2, -0.15) is 0 Å². The van der Waals surface area contributed by atoms with Crippen LogP contribution in [0.25, 0.3) is 53.2 Å². The van der Waals surface area contributed by atoms with Gasteiger partial charge in [-0.1, -0.05) is 121 Å². The van der Waals surface area contributed by atoms with E-state index < -0.39 is 0 Å². The molecule has 0 radical (unpaired) electrons. The van der Waals surface area contributed by atoms with E-state index in [-0.39, 0.29) is 5.41 Å². The molecule has 1 nitrogen and oxygen atoms in total. The third kappa shape index (κ3) is 2.94. The third-order valence-corrected chi connectivity index (χ3v) is 11.3. The maximum atomic E-state index is 3.98. The second kappa shape index (κ2) is 8.69. The third-order valence-electron chi connectivity index (χ3n) is 9.97. The molecule has 0 atom stereocenters. The first-order chi connectivity index (χ1) is 21.7. The van der Waals surface area contributed by atoms with E-state index in [9.17, 15) is 0 Å². The average Bonchev–Trinajstić information content (AvgIpc) is 3.71. The van der Waals surface area contributed by atoms with Gasteiger partial charge in [-0.3, -0.25) is 0 Å². The lowest BCUT2D eigenvalue weighted by Crippen LogP contribution is -2.25. The molecule has 2 heteroatoms. The van der Waals surface area contributed by atoms with Gasteiger partial charge in [0.1, 0.15) is 0 Å². The number of hydrogen-bond acceptors (Lipinski definition) is 2. The second-order valence-electron chi connectivity index (χ2n) is 12.1. The maximum Gasteiger partial charge on any atom is 0.0726 e. The van der Waals surface area contributed by atoms with Crippen molar-refractivity contribution in [2.24, 2.45) is 0 Å². The van der Waals surface area contributed by atoms with E-state index in [2.05, 4.69) is 152 Å². The van der Waals surface area contributed by atoms with Crippen LogP contribution in [-0.4, -0.2) is 0 Å². The van der Waals surface area contributed by atoms with Gasteiger partial charge in [-0.05, 0) is 80.4 Å². The molecule has 206 valence electrons. The Labute approximate surface area is 260 Å². The number of anilines is 2. The molecule has 1 aromatic heterocycles. The standard InChI is InChI=1S/C42H27NS/c1-25-24-26-12-2-3-13-27(26)38-31-17-10-23-37(41(31)44-40(25)38)43-36-22-11-21-35-39(36)30-16-6-9-20-34(30)42(35)32-18-7-4-14-28(32)29-15-5-8-19-33(29)42/h2-24,43H,1H3. The summed E-state index contributed by atoms with van der Waals surface area (Å²) in [5.74, 6) is 0. The Kier molecular flexibility index (Phi) is 4.79. The molecule has 0 saturated heterocycles. The van der Waals surface area contributed by atoms with Crippen LogP contribution in [0.5, 0.6) is 0 Å². The lowest BCUT2D eigenvalue weighted by molar-refractivity contribution is 0.794. The lowest BCUT2D eigenvalue weighted by Gasteiger charge is -2.30. The van der Waals surface area contributed by atoms with Crippen LogP contribution in [0, 0.1) is 6.92 Å². The molecule has 1 N–H and O–H groups in total. The first-order valence-electron chi connectivity index (χ1n) is 15.3. The van der Waals surface area contributed by atoms with Gasteiger partial charge in [-0.15, -0.1) is 11.3 Å². The fourth-order valence-corrected chi connectivity index (χ4v) is 9.56. The quantitative estimate of drug-likeness (QED) is 0.215. The molecule has 44 heavy (non-hydrogen) atoms. The van der Waals surface area contributed by atoms with Gasteiger partial charge in [0.15, 0.2) is 0 Å². The van der Waals surface area contributed by atoms with Crippen molar-refractivity contribution in [2.75, 3.05) is 5.32 Å².